The van der Waals surface area contributed by atoms with Crippen molar-refractivity contribution in [3.8, 4) is 0 Å². The third kappa shape index (κ3) is 6.36. The van der Waals surface area contributed by atoms with Crippen LogP contribution in [0.5, 0.6) is 0 Å². The number of anilines is 1. The predicted molar refractivity (Wildman–Crippen MR) is 81.5 cm³/mol. The van der Waals surface area contributed by atoms with Gasteiger partial charge >= 0.3 is 0 Å². The second-order valence-corrected chi connectivity index (χ2v) is 4.82. The molecule has 4 heteroatoms. The van der Waals surface area contributed by atoms with Crippen LogP contribution < -0.4 is 5.32 Å². The summed E-state index contributed by atoms with van der Waals surface area (Å²) in [5, 5.41) is 2.87. The predicted octanol–water partition coefficient (Wildman–Crippen LogP) is 3.05. The van der Waals surface area contributed by atoms with Crippen LogP contribution in [0.15, 0.2) is 30.3 Å². The molecule has 1 N–H and O–H groups in total. The first-order valence-electron chi connectivity index (χ1n) is 7.24. The van der Waals surface area contributed by atoms with Crippen LogP contribution in [0.3, 0.4) is 0 Å². The van der Waals surface area contributed by atoms with Crippen molar-refractivity contribution in [3.05, 3.63) is 30.3 Å². The van der Waals surface area contributed by atoms with Crippen LogP contribution in [-0.4, -0.2) is 29.8 Å². The molecule has 0 saturated heterocycles. The molecule has 0 aliphatic rings. The van der Waals surface area contributed by atoms with Gasteiger partial charge in [0.25, 0.3) is 0 Å². The van der Waals surface area contributed by atoms with Gasteiger partial charge in [-0.3, -0.25) is 9.59 Å². The molecule has 110 valence electrons. The first kappa shape index (κ1) is 16.2. The molecule has 0 bridgehead atoms. The lowest BCUT2D eigenvalue weighted by atomic mass is 10.1. The summed E-state index contributed by atoms with van der Waals surface area (Å²) in [6.45, 7) is 5.11. The van der Waals surface area contributed by atoms with Gasteiger partial charge in [0, 0.05) is 32.1 Å². The van der Waals surface area contributed by atoms with Crippen molar-refractivity contribution < 1.29 is 9.59 Å². The molecule has 2 amide bonds. The van der Waals surface area contributed by atoms with E-state index < -0.39 is 0 Å². The van der Waals surface area contributed by atoms with Crippen LogP contribution >= 0.6 is 0 Å². The highest BCUT2D eigenvalue weighted by Crippen LogP contribution is 2.08. The minimum absolute atomic E-state index is 0.0510. The second-order valence-electron chi connectivity index (χ2n) is 4.82. The number of hydrogen-bond donors (Lipinski definition) is 1. The molecule has 0 aliphatic carbocycles. The van der Waals surface area contributed by atoms with Gasteiger partial charge in [-0.25, -0.2) is 0 Å². The third-order valence-corrected chi connectivity index (χ3v) is 3.22. The third-order valence-electron chi connectivity index (χ3n) is 3.22. The molecule has 0 aromatic heterocycles. The maximum Gasteiger partial charge on any atom is 0.224 e. The number of benzene rings is 1. The van der Waals surface area contributed by atoms with Crippen LogP contribution in [0, 0.1) is 0 Å². The second kappa shape index (κ2) is 9.13. The summed E-state index contributed by atoms with van der Waals surface area (Å²) in [5.74, 6) is 0.171. The normalized spacial score (nSPS) is 10.1. The fraction of sp³-hybridized carbons (Fsp3) is 0.500. The quantitative estimate of drug-likeness (QED) is 0.742. The molecule has 0 aliphatic heterocycles. The highest BCUT2D eigenvalue weighted by atomic mass is 16.2. The molecule has 1 aromatic carbocycles. The lowest BCUT2D eigenvalue weighted by Crippen LogP contribution is -2.29. The Balaban J connectivity index is 2.12. The monoisotopic (exact) mass is 276 g/mol. The Morgan fingerprint density at radius 1 is 1.10 bits per heavy atom. The summed E-state index contributed by atoms with van der Waals surface area (Å²) in [5.41, 5.74) is 0.839. The van der Waals surface area contributed by atoms with Crippen LogP contribution in [0.1, 0.15) is 39.5 Å². The molecule has 0 radical (unpaired) electrons. The number of nitrogens with zero attached hydrogens (tertiary/aromatic N) is 1. The first-order valence-corrected chi connectivity index (χ1v) is 7.24. The van der Waals surface area contributed by atoms with Gasteiger partial charge < -0.3 is 10.2 Å². The Kier molecular flexibility index (Phi) is 7.40. The zero-order valence-electron chi connectivity index (χ0n) is 12.4. The van der Waals surface area contributed by atoms with E-state index in [0.29, 0.717) is 6.42 Å². The van der Waals surface area contributed by atoms with Crippen molar-refractivity contribution in [1.29, 1.82) is 0 Å². The van der Waals surface area contributed by atoms with Gasteiger partial charge in [0.2, 0.25) is 11.8 Å². The SMILES string of the molecule is CCN(CCCCCC(=O)Nc1ccccc1)C(C)=O. The summed E-state index contributed by atoms with van der Waals surface area (Å²) in [4.78, 5) is 24.7. The minimum Gasteiger partial charge on any atom is -0.343 e. The lowest BCUT2D eigenvalue weighted by Gasteiger charge is -2.18. The van der Waals surface area contributed by atoms with Crippen molar-refractivity contribution in [2.45, 2.75) is 39.5 Å². The Bertz CT molecular complexity index is 418. The largest absolute Gasteiger partial charge is 0.343 e. The first-order chi connectivity index (χ1) is 9.63. The molecule has 1 aromatic rings. The molecule has 0 unspecified atom stereocenters. The Hall–Kier alpha value is -1.84. The average molecular weight is 276 g/mol. The van der Waals surface area contributed by atoms with Gasteiger partial charge in [-0.2, -0.15) is 0 Å². The zero-order chi connectivity index (χ0) is 14.8. The van der Waals surface area contributed by atoms with Crippen LogP contribution in [-0.2, 0) is 9.59 Å². The maximum atomic E-state index is 11.7. The van der Waals surface area contributed by atoms with Crippen LogP contribution in [0.4, 0.5) is 5.69 Å². The number of rotatable bonds is 8. The molecule has 0 saturated carbocycles. The summed E-state index contributed by atoms with van der Waals surface area (Å²) in [6.07, 6.45) is 3.30. The van der Waals surface area contributed by atoms with Crippen molar-refractivity contribution in [2.24, 2.45) is 0 Å². The zero-order valence-corrected chi connectivity index (χ0v) is 12.4. The van der Waals surface area contributed by atoms with E-state index >= 15 is 0 Å². The van der Waals surface area contributed by atoms with Crippen LogP contribution in [0.2, 0.25) is 0 Å². The van der Waals surface area contributed by atoms with E-state index in [2.05, 4.69) is 5.32 Å². The lowest BCUT2D eigenvalue weighted by molar-refractivity contribution is -0.128. The summed E-state index contributed by atoms with van der Waals surface area (Å²) < 4.78 is 0. The number of carbonyl (C=O) groups excluding carboxylic acids is 2. The van der Waals surface area contributed by atoms with E-state index in [1.807, 2.05) is 42.2 Å². The Morgan fingerprint density at radius 3 is 2.40 bits per heavy atom. The topological polar surface area (TPSA) is 49.4 Å². The number of para-hydroxylation sites is 1. The van der Waals surface area contributed by atoms with E-state index in [1.165, 1.54) is 0 Å². The van der Waals surface area contributed by atoms with E-state index in [4.69, 9.17) is 0 Å². The van der Waals surface area contributed by atoms with Gasteiger partial charge in [-0.05, 0) is 31.9 Å². The maximum absolute atomic E-state index is 11.7. The molecule has 4 nitrogen and oxygen atoms in total. The molecule has 0 atom stereocenters. The van der Waals surface area contributed by atoms with Crippen molar-refractivity contribution in [2.75, 3.05) is 18.4 Å². The smallest absolute Gasteiger partial charge is 0.224 e. The van der Waals surface area contributed by atoms with E-state index in [1.54, 1.807) is 6.92 Å². The van der Waals surface area contributed by atoms with Crippen molar-refractivity contribution in [1.82, 2.24) is 4.90 Å². The highest BCUT2D eigenvalue weighted by Gasteiger charge is 2.05. The summed E-state index contributed by atoms with van der Waals surface area (Å²) in [7, 11) is 0. The molecule has 0 spiro atoms. The number of carbonyl (C=O) groups is 2. The number of hydrogen-bond acceptors (Lipinski definition) is 2. The van der Waals surface area contributed by atoms with Gasteiger partial charge in [0.15, 0.2) is 0 Å². The standard InChI is InChI=1S/C16H24N2O2/c1-3-18(14(2)19)13-9-5-8-12-16(20)17-15-10-6-4-7-11-15/h4,6-7,10-11H,3,5,8-9,12-13H2,1-2H3,(H,17,20). The summed E-state index contributed by atoms with van der Waals surface area (Å²) >= 11 is 0. The molecule has 0 fully saturated rings. The van der Waals surface area contributed by atoms with Crippen molar-refractivity contribution >= 4 is 17.5 Å². The van der Waals surface area contributed by atoms with Crippen LogP contribution in [0.25, 0.3) is 0 Å². The highest BCUT2D eigenvalue weighted by molar-refractivity contribution is 5.90. The Labute approximate surface area is 121 Å². The molecule has 0 heterocycles. The number of nitrogens with one attached hydrogen (secondary N) is 1. The molecule has 1 rings (SSSR count). The average Bonchev–Trinajstić information content (AvgIpc) is 2.43. The number of unbranched alkanes of at least 4 members (excludes halogenated alkanes) is 2. The Morgan fingerprint density at radius 2 is 1.80 bits per heavy atom. The fourth-order valence-electron chi connectivity index (χ4n) is 2.05. The van der Waals surface area contributed by atoms with Crippen molar-refractivity contribution in [3.63, 3.8) is 0 Å². The van der Waals surface area contributed by atoms with Gasteiger partial charge in [0.1, 0.15) is 0 Å². The molecular weight excluding hydrogens is 252 g/mol. The van der Waals surface area contributed by atoms with E-state index in [-0.39, 0.29) is 11.8 Å². The van der Waals surface area contributed by atoms with Gasteiger partial charge in [0.05, 0.1) is 0 Å². The molecular formula is C16H24N2O2. The summed E-state index contributed by atoms with van der Waals surface area (Å²) in [6, 6.07) is 9.48. The fourth-order valence-corrected chi connectivity index (χ4v) is 2.05. The van der Waals surface area contributed by atoms with E-state index in [0.717, 1.165) is 38.0 Å². The van der Waals surface area contributed by atoms with Gasteiger partial charge in [-0.1, -0.05) is 24.6 Å². The molecule has 20 heavy (non-hydrogen) atoms. The minimum atomic E-state index is 0.0510. The van der Waals surface area contributed by atoms with E-state index in [9.17, 15) is 9.59 Å². The van der Waals surface area contributed by atoms with Gasteiger partial charge in [-0.15, -0.1) is 0 Å². The number of amides is 2.